The van der Waals surface area contributed by atoms with Crippen molar-refractivity contribution in [2.45, 2.75) is 19.8 Å². The predicted molar refractivity (Wildman–Crippen MR) is 50.3 cm³/mol. The molecule has 0 amide bonds. The van der Waals surface area contributed by atoms with Gasteiger partial charge in [0.2, 0.25) is 0 Å². The van der Waals surface area contributed by atoms with Crippen LogP contribution in [0.4, 0.5) is 4.39 Å². The molecule has 1 unspecified atom stereocenters. The van der Waals surface area contributed by atoms with Crippen LogP contribution in [-0.4, -0.2) is 59.2 Å². The van der Waals surface area contributed by atoms with Gasteiger partial charge >= 0.3 is 47.5 Å². The Morgan fingerprint density at radius 3 is 2.27 bits per heavy atom. The van der Waals surface area contributed by atoms with Crippen LogP contribution >= 0.6 is 0 Å². The van der Waals surface area contributed by atoms with Gasteiger partial charge in [0, 0.05) is 0 Å². The van der Waals surface area contributed by atoms with Crippen molar-refractivity contribution >= 4 is 47.5 Å². The van der Waals surface area contributed by atoms with Gasteiger partial charge in [-0.3, -0.25) is 9.59 Å². The Bertz CT molecular complexity index is 243. The first kappa shape index (κ1) is 17.0. The van der Waals surface area contributed by atoms with Crippen LogP contribution < -0.4 is 0 Å². The van der Waals surface area contributed by atoms with Crippen LogP contribution in [0.25, 0.3) is 0 Å². The topological polar surface area (TPSA) is 80.7 Å². The predicted octanol–water partition coefficient (Wildman–Crippen LogP) is -0.122. The molecule has 1 atom stereocenters. The molecule has 0 aromatic rings. The van der Waals surface area contributed by atoms with Crippen LogP contribution in [0.2, 0.25) is 0 Å². The Labute approximate surface area is 108 Å². The zero-order chi connectivity index (χ0) is 11.1. The van der Waals surface area contributed by atoms with Gasteiger partial charge in [-0.25, -0.2) is 9.18 Å². The number of carbonyl (C=O) groups excluding carboxylic acids is 2. The SMILES string of the molecule is CCCC(C(=O)O)C(=O)OC(=O)CF.[NaH]. The number of carboxylic acids is 1. The average molecular weight is 230 g/mol. The molecule has 0 aliphatic carbocycles. The molecule has 5 nitrogen and oxygen atoms in total. The van der Waals surface area contributed by atoms with E-state index in [0.717, 1.165) is 0 Å². The van der Waals surface area contributed by atoms with Crippen LogP contribution in [0.3, 0.4) is 0 Å². The van der Waals surface area contributed by atoms with Crippen molar-refractivity contribution in [3.63, 3.8) is 0 Å². The van der Waals surface area contributed by atoms with E-state index in [-0.39, 0.29) is 36.0 Å². The standard InChI is InChI=1S/C8H11FO5.Na.H/c1-2-3-5(7(11)12)8(13)14-6(10)4-9;;/h5H,2-4H2,1H3,(H,11,12);;. The summed E-state index contributed by atoms with van der Waals surface area (Å²) in [5, 5.41) is 8.55. The summed E-state index contributed by atoms with van der Waals surface area (Å²) in [6.45, 7) is 0.240. The molecule has 0 aromatic carbocycles. The fourth-order valence-corrected chi connectivity index (χ4v) is 0.841. The van der Waals surface area contributed by atoms with E-state index >= 15 is 0 Å². The zero-order valence-corrected chi connectivity index (χ0v) is 7.66. The number of aliphatic carboxylic acids is 1. The molecule has 1 N–H and O–H groups in total. The third-order valence-corrected chi connectivity index (χ3v) is 1.48. The van der Waals surface area contributed by atoms with Gasteiger partial charge in [0.1, 0.15) is 0 Å². The molecule has 0 spiro atoms. The van der Waals surface area contributed by atoms with Gasteiger partial charge in [-0.2, -0.15) is 0 Å². The number of ether oxygens (including phenoxy) is 1. The second-order valence-corrected chi connectivity index (χ2v) is 2.61. The number of esters is 2. The van der Waals surface area contributed by atoms with Crippen LogP contribution in [-0.2, 0) is 19.1 Å². The van der Waals surface area contributed by atoms with Crippen LogP contribution in [0.1, 0.15) is 19.8 Å². The first-order chi connectivity index (χ1) is 6.52. The molecule has 0 radical (unpaired) electrons. The molecule has 0 aliphatic rings. The Kier molecular flexibility index (Phi) is 9.96. The number of hydrogen-bond donors (Lipinski definition) is 1. The summed E-state index contributed by atoms with van der Waals surface area (Å²) in [6, 6.07) is 0. The van der Waals surface area contributed by atoms with Crippen molar-refractivity contribution in [1.82, 2.24) is 0 Å². The Hall–Kier alpha value is -0.460. The van der Waals surface area contributed by atoms with E-state index in [0.29, 0.717) is 6.42 Å². The van der Waals surface area contributed by atoms with E-state index < -0.39 is 30.5 Å². The van der Waals surface area contributed by atoms with Gasteiger partial charge in [0.25, 0.3) is 0 Å². The molecular formula is C8H12FNaO5. The van der Waals surface area contributed by atoms with E-state index in [1.54, 1.807) is 6.92 Å². The van der Waals surface area contributed by atoms with Gasteiger partial charge in [-0.1, -0.05) is 13.3 Å². The van der Waals surface area contributed by atoms with E-state index in [1.165, 1.54) is 0 Å². The molecule has 0 aromatic heterocycles. The molecule has 0 aliphatic heterocycles. The van der Waals surface area contributed by atoms with Crippen LogP contribution in [0, 0.1) is 5.92 Å². The number of hydrogen-bond acceptors (Lipinski definition) is 4. The fourth-order valence-electron chi connectivity index (χ4n) is 0.841. The molecule has 82 valence electrons. The Morgan fingerprint density at radius 2 is 1.93 bits per heavy atom. The summed E-state index contributed by atoms with van der Waals surface area (Å²) in [4.78, 5) is 31.8. The molecule has 7 heteroatoms. The fraction of sp³-hybridized carbons (Fsp3) is 0.625. The van der Waals surface area contributed by atoms with Crippen molar-refractivity contribution in [1.29, 1.82) is 0 Å². The number of carbonyl (C=O) groups is 3. The maximum absolute atomic E-state index is 11.6. The Morgan fingerprint density at radius 1 is 1.40 bits per heavy atom. The first-order valence-electron chi connectivity index (χ1n) is 4.06. The number of rotatable bonds is 5. The quantitative estimate of drug-likeness (QED) is 0.404. The summed E-state index contributed by atoms with van der Waals surface area (Å²) in [7, 11) is 0. The summed E-state index contributed by atoms with van der Waals surface area (Å²) >= 11 is 0. The number of alkyl halides is 1. The van der Waals surface area contributed by atoms with E-state index in [4.69, 9.17) is 5.11 Å². The van der Waals surface area contributed by atoms with E-state index in [2.05, 4.69) is 4.74 Å². The molecule has 15 heavy (non-hydrogen) atoms. The minimum absolute atomic E-state index is 0. The van der Waals surface area contributed by atoms with Crippen molar-refractivity contribution in [3.05, 3.63) is 0 Å². The van der Waals surface area contributed by atoms with E-state index in [1.807, 2.05) is 0 Å². The van der Waals surface area contributed by atoms with Gasteiger partial charge in [0.15, 0.2) is 12.6 Å². The summed E-state index contributed by atoms with van der Waals surface area (Å²) in [6.07, 6.45) is 0.517. The average Bonchev–Trinajstić information content (AvgIpc) is 2.13. The Balaban J connectivity index is 0. The van der Waals surface area contributed by atoms with Crippen molar-refractivity contribution in [2.75, 3.05) is 6.67 Å². The zero-order valence-electron chi connectivity index (χ0n) is 7.66. The van der Waals surface area contributed by atoms with Gasteiger partial charge in [0.05, 0.1) is 0 Å². The normalized spacial score (nSPS) is 11.1. The van der Waals surface area contributed by atoms with Gasteiger partial charge in [-0.15, -0.1) is 0 Å². The number of carboxylic acid groups (broad SMARTS) is 1. The molecule has 0 fully saturated rings. The second-order valence-electron chi connectivity index (χ2n) is 2.61. The summed E-state index contributed by atoms with van der Waals surface area (Å²) in [5.41, 5.74) is 0. The van der Waals surface area contributed by atoms with E-state index in [9.17, 15) is 18.8 Å². The third kappa shape index (κ3) is 6.59. The van der Waals surface area contributed by atoms with Crippen molar-refractivity contribution < 1.29 is 28.6 Å². The summed E-state index contributed by atoms with van der Waals surface area (Å²) in [5.74, 6) is -5.33. The van der Waals surface area contributed by atoms with Crippen LogP contribution in [0.15, 0.2) is 0 Å². The summed E-state index contributed by atoms with van der Waals surface area (Å²) < 4.78 is 15.6. The molecular weight excluding hydrogens is 218 g/mol. The van der Waals surface area contributed by atoms with Crippen molar-refractivity contribution in [2.24, 2.45) is 5.92 Å². The molecule has 0 heterocycles. The van der Waals surface area contributed by atoms with Crippen molar-refractivity contribution in [3.8, 4) is 0 Å². The third-order valence-electron chi connectivity index (χ3n) is 1.48. The monoisotopic (exact) mass is 230 g/mol. The second kappa shape index (κ2) is 8.82. The molecule has 0 saturated heterocycles. The van der Waals surface area contributed by atoms with Gasteiger partial charge in [-0.05, 0) is 6.42 Å². The van der Waals surface area contributed by atoms with Crippen LogP contribution in [0.5, 0.6) is 0 Å². The first-order valence-corrected chi connectivity index (χ1v) is 4.06. The maximum atomic E-state index is 11.6. The number of halogens is 1. The molecule has 0 saturated carbocycles. The molecule has 0 bridgehead atoms. The van der Waals surface area contributed by atoms with Gasteiger partial charge < -0.3 is 9.84 Å². The molecule has 0 rings (SSSR count). The minimum atomic E-state index is -1.44.